The van der Waals surface area contributed by atoms with E-state index in [1.807, 2.05) is 36.4 Å². The van der Waals surface area contributed by atoms with E-state index in [2.05, 4.69) is 21.4 Å². The molecule has 4 aromatic rings. The average Bonchev–Trinajstić information content (AvgIpc) is 3.04. The van der Waals surface area contributed by atoms with Crippen LogP contribution in [0.5, 0.6) is 0 Å². The quantitative estimate of drug-likeness (QED) is 0.420. The molecular formula is C19H19N5O. The Hall–Kier alpha value is -2.80. The maximum Gasteiger partial charge on any atom is 0.148 e. The minimum absolute atomic E-state index is 0.448. The Bertz CT molecular complexity index is 1010. The maximum atomic E-state index is 10.4. The Kier molecular flexibility index (Phi) is 4.15. The molecule has 0 saturated carbocycles. The molecule has 0 radical (unpaired) electrons. The van der Waals surface area contributed by atoms with E-state index < -0.39 is 6.23 Å². The third-order valence-electron chi connectivity index (χ3n) is 4.23. The van der Waals surface area contributed by atoms with Crippen LogP contribution in [-0.4, -0.2) is 33.1 Å². The zero-order valence-electron chi connectivity index (χ0n) is 13.6. The summed E-state index contributed by atoms with van der Waals surface area (Å²) in [5.74, 6) is 0. The van der Waals surface area contributed by atoms with Gasteiger partial charge in [0.25, 0.3) is 0 Å². The molecule has 0 bridgehead atoms. The van der Waals surface area contributed by atoms with Crippen LogP contribution in [0.3, 0.4) is 0 Å². The summed E-state index contributed by atoms with van der Waals surface area (Å²) in [6.07, 6.45) is 2.60. The largest absolute Gasteiger partial charge is 0.373 e. The summed E-state index contributed by atoms with van der Waals surface area (Å²) in [6.45, 7) is 0.961. The van der Waals surface area contributed by atoms with Gasteiger partial charge in [0.2, 0.25) is 0 Å². The Labute approximate surface area is 144 Å². The van der Waals surface area contributed by atoms with E-state index >= 15 is 0 Å². The molecule has 5 N–H and O–H groups in total. The van der Waals surface area contributed by atoms with Gasteiger partial charge in [-0.2, -0.15) is 0 Å². The number of aliphatic hydroxyl groups is 1. The Morgan fingerprint density at radius 1 is 1.12 bits per heavy atom. The summed E-state index contributed by atoms with van der Waals surface area (Å²) in [7, 11) is 0. The second kappa shape index (κ2) is 6.60. The number of para-hydroxylation sites is 1. The molecule has 126 valence electrons. The van der Waals surface area contributed by atoms with Gasteiger partial charge in [-0.05, 0) is 24.3 Å². The van der Waals surface area contributed by atoms with E-state index in [1.165, 1.54) is 0 Å². The minimum Gasteiger partial charge on any atom is -0.373 e. The topological polar surface area (TPSA) is 99.8 Å². The number of pyridine rings is 2. The lowest BCUT2D eigenvalue weighted by Gasteiger charge is -2.14. The number of aromatic amines is 1. The fraction of sp³-hybridized carbons (Fsp3) is 0.158. The molecule has 1 unspecified atom stereocenters. The lowest BCUT2D eigenvalue weighted by Crippen LogP contribution is -2.27. The molecular weight excluding hydrogens is 314 g/mol. The number of aliphatic hydroxyl groups excluding tert-OH is 1. The molecule has 6 nitrogen and oxygen atoms in total. The van der Waals surface area contributed by atoms with E-state index in [0.717, 1.165) is 33.1 Å². The van der Waals surface area contributed by atoms with Gasteiger partial charge in [-0.15, -0.1) is 0 Å². The van der Waals surface area contributed by atoms with Gasteiger partial charge in [0.05, 0.1) is 16.9 Å². The zero-order valence-corrected chi connectivity index (χ0v) is 13.6. The molecule has 0 spiro atoms. The van der Waals surface area contributed by atoms with Crippen molar-refractivity contribution in [3.05, 3.63) is 60.6 Å². The first-order valence-electron chi connectivity index (χ1n) is 8.21. The van der Waals surface area contributed by atoms with Crippen LogP contribution in [0.1, 0.15) is 11.9 Å². The van der Waals surface area contributed by atoms with Crippen LogP contribution in [0.2, 0.25) is 0 Å². The van der Waals surface area contributed by atoms with Crippen molar-refractivity contribution < 1.29 is 5.11 Å². The van der Waals surface area contributed by atoms with Gasteiger partial charge in [0.15, 0.2) is 0 Å². The number of fused-ring (bicyclic) bond motifs is 3. The summed E-state index contributed by atoms with van der Waals surface area (Å²) in [4.78, 5) is 12.2. The molecule has 1 atom stereocenters. The number of nitrogens with two attached hydrogens (primary N) is 1. The van der Waals surface area contributed by atoms with Crippen molar-refractivity contribution in [3.8, 4) is 11.3 Å². The monoisotopic (exact) mass is 333 g/mol. The molecule has 0 saturated heterocycles. The summed E-state index contributed by atoms with van der Waals surface area (Å²) in [5.41, 5.74) is 9.81. The fourth-order valence-electron chi connectivity index (χ4n) is 3.05. The molecule has 6 heteroatoms. The molecule has 3 heterocycles. The van der Waals surface area contributed by atoms with Crippen molar-refractivity contribution in [1.29, 1.82) is 0 Å². The van der Waals surface area contributed by atoms with Crippen LogP contribution in [-0.2, 0) is 0 Å². The number of aromatic nitrogens is 3. The minimum atomic E-state index is -0.873. The van der Waals surface area contributed by atoms with Gasteiger partial charge in [0.1, 0.15) is 6.23 Å². The van der Waals surface area contributed by atoms with Crippen LogP contribution in [0, 0.1) is 0 Å². The van der Waals surface area contributed by atoms with Crippen molar-refractivity contribution in [2.75, 3.05) is 13.1 Å². The molecule has 0 amide bonds. The number of rotatable bonds is 5. The van der Waals surface area contributed by atoms with Crippen LogP contribution in [0.15, 0.2) is 54.9 Å². The summed E-state index contributed by atoms with van der Waals surface area (Å²) >= 11 is 0. The number of hydrogen-bond acceptors (Lipinski definition) is 5. The highest BCUT2D eigenvalue weighted by Gasteiger charge is 2.16. The molecule has 4 rings (SSSR count). The normalized spacial score (nSPS) is 12.7. The van der Waals surface area contributed by atoms with Crippen LogP contribution in [0.25, 0.3) is 33.1 Å². The second-order valence-corrected chi connectivity index (χ2v) is 5.87. The van der Waals surface area contributed by atoms with E-state index in [0.29, 0.717) is 18.8 Å². The highest BCUT2D eigenvalue weighted by Crippen LogP contribution is 2.33. The predicted octanol–water partition coefficient (Wildman–Crippen LogP) is 2.32. The van der Waals surface area contributed by atoms with Crippen molar-refractivity contribution >= 4 is 21.8 Å². The zero-order chi connectivity index (χ0) is 17.2. The number of nitrogens with one attached hydrogen (secondary N) is 2. The van der Waals surface area contributed by atoms with Crippen LogP contribution < -0.4 is 11.1 Å². The van der Waals surface area contributed by atoms with Gasteiger partial charge in [-0.1, -0.05) is 18.2 Å². The van der Waals surface area contributed by atoms with Crippen LogP contribution >= 0.6 is 0 Å². The van der Waals surface area contributed by atoms with Crippen molar-refractivity contribution in [3.63, 3.8) is 0 Å². The van der Waals surface area contributed by atoms with E-state index in [9.17, 15) is 5.11 Å². The van der Waals surface area contributed by atoms with Crippen molar-refractivity contribution in [1.82, 2.24) is 20.3 Å². The lowest BCUT2D eigenvalue weighted by atomic mass is 10.1. The van der Waals surface area contributed by atoms with E-state index in [1.54, 1.807) is 12.4 Å². The molecule has 0 aliphatic rings. The number of nitrogens with zero attached hydrogens (tertiary/aromatic N) is 2. The SMILES string of the molecule is NCCNC(O)c1cc2c([nH]c3ccccc32)c(-c2ccncc2)n1. The average molecular weight is 333 g/mol. The smallest absolute Gasteiger partial charge is 0.148 e. The van der Waals surface area contributed by atoms with E-state index in [4.69, 9.17) is 10.7 Å². The Morgan fingerprint density at radius 2 is 1.92 bits per heavy atom. The third kappa shape index (κ3) is 2.87. The Morgan fingerprint density at radius 3 is 2.72 bits per heavy atom. The lowest BCUT2D eigenvalue weighted by molar-refractivity contribution is 0.136. The first-order chi connectivity index (χ1) is 12.3. The molecule has 25 heavy (non-hydrogen) atoms. The highest BCUT2D eigenvalue weighted by atomic mass is 16.3. The molecule has 3 aromatic heterocycles. The highest BCUT2D eigenvalue weighted by molar-refractivity contribution is 6.11. The maximum absolute atomic E-state index is 10.4. The molecule has 0 aliphatic heterocycles. The fourth-order valence-corrected chi connectivity index (χ4v) is 3.05. The van der Waals surface area contributed by atoms with Gasteiger partial charge < -0.3 is 15.8 Å². The van der Waals surface area contributed by atoms with Gasteiger partial charge >= 0.3 is 0 Å². The van der Waals surface area contributed by atoms with Gasteiger partial charge in [-0.3, -0.25) is 10.3 Å². The first kappa shape index (κ1) is 15.7. The molecule has 0 fully saturated rings. The Balaban J connectivity index is 1.97. The van der Waals surface area contributed by atoms with Crippen molar-refractivity contribution in [2.45, 2.75) is 6.23 Å². The van der Waals surface area contributed by atoms with Gasteiger partial charge in [0, 0.05) is 47.3 Å². The predicted molar refractivity (Wildman–Crippen MR) is 98.8 cm³/mol. The summed E-state index contributed by atoms with van der Waals surface area (Å²) in [6, 6.07) is 13.9. The third-order valence-corrected chi connectivity index (χ3v) is 4.23. The summed E-state index contributed by atoms with van der Waals surface area (Å²) < 4.78 is 0. The number of H-pyrrole nitrogens is 1. The van der Waals surface area contributed by atoms with Crippen molar-refractivity contribution in [2.24, 2.45) is 5.73 Å². The second-order valence-electron chi connectivity index (χ2n) is 5.87. The van der Waals surface area contributed by atoms with E-state index in [-0.39, 0.29) is 0 Å². The number of benzene rings is 1. The standard InChI is InChI=1S/C19H19N5O/c20-7-10-22-19(25)16-11-14-13-3-1-2-4-15(13)23-18(14)17(24-16)12-5-8-21-9-6-12/h1-6,8-9,11,19,22-23,25H,7,10,20H2. The summed E-state index contributed by atoms with van der Waals surface area (Å²) in [5, 5.41) is 15.5. The van der Waals surface area contributed by atoms with Crippen LogP contribution in [0.4, 0.5) is 0 Å². The van der Waals surface area contributed by atoms with Gasteiger partial charge in [-0.25, -0.2) is 4.98 Å². The molecule has 0 aliphatic carbocycles. The number of hydrogen-bond donors (Lipinski definition) is 4. The first-order valence-corrected chi connectivity index (χ1v) is 8.21. The molecule has 1 aromatic carbocycles.